The van der Waals surface area contributed by atoms with Crippen LogP contribution >= 0.6 is 11.6 Å². The van der Waals surface area contributed by atoms with E-state index >= 15 is 0 Å². The third-order valence-electron chi connectivity index (χ3n) is 2.22. The number of hydrogen-bond acceptors (Lipinski definition) is 5. The number of carbonyl (C=O) groups excluding carboxylic acids is 2. The second-order valence-electron chi connectivity index (χ2n) is 4.00. The van der Waals surface area contributed by atoms with Gasteiger partial charge in [0.25, 0.3) is 0 Å². The summed E-state index contributed by atoms with van der Waals surface area (Å²) < 4.78 is 0. The minimum absolute atomic E-state index is 0.165. The number of nitrogens with zero attached hydrogens (tertiary/aromatic N) is 3. The van der Waals surface area contributed by atoms with Gasteiger partial charge in [0.1, 0.15) is 16.8 Å². The Morgan fingerprint density at radius 3 is 2.32 bits per heavy atom. The Labute approximate surface area is 115 Å². The maximum Gasteiger partial charge on any atom is 0.237 e. The van der Waals surface area contributed by atoms with Gasteiger partial charge in [-0.05, 0) is 6.42 Å². The van der Waals surface area contributed by atoms with Gasteiger partial charge in [0, 0.05) is 12.5 Å². The summed E-state index contributed by atoms with van der Waals surface area (Å²) in [5.41, 5.74) is 10.3. The smallest absolute Gasteiger partial charge is 0.237 e. The van der Waals surface area contributed by atoms with Gasteiger partial charge in [-0.15, -0.1) is 0 Å². The van der Waals surface area contributed by atoms with E-state index in [9.17, 15) is 9.59 Å². The van der Waals surface area contributed by atoms with Crippen molar-refractivity contribution in [2.24, 2.45) is 11.5 Å². The van der Waals surface area contributed by atoms with Crippen LogP contribution in [0.3, 0.4) is 0 Å². The lowest BCUT2D eigenvalue weighted by Gasteiger charge is -2.20. The fourth-order valence-electron chi connectivity index (χ4n) is 1.54. The lowest BCUT2D eigenvalue weighted by Crippen LogP contribution is -2.40. The molecular weight excluding hydrogens is 270 g/mol. The summed E-state index contributed by atoms with van der Waals surface area (Å²) in [5, 5.41) is 0.243. The molecule has 1 aromatic rings. The molecule has 0 saturated heterocycles. The number of hydrogen-bond donors (Lipinski definition) is 2. The summed E-state index contributed by atoms with van der Waals surface area (Å²) in [6.45, 7) is 1.65. The highest BCUT2D eigenvalue weighted by Crippen LogP contribution is 2.16. The third-order valence-corrected chi connectivity index (χ3v) is 2.41. The summed E-state index contributed by atoms with van der Waals surface area (Å²) in [6.07, 6.45) is 1.50. The van der Waals surface area contributed by atoms with Crippen LogP contribution in [0.1, 0.15) is 19.2 Å². The van der Waals surface area contributed by atoms with E-state index in [-0.39, 0.29) is 18.2 Å². The lowest BCUT2D eigenvalue weighted by molar-refractivity contribution is -0.117. The summed E-state index contributed by atoms with van der Waals surface area (Å²) in [6, 6.07) is 1.46. The number of rotatable bonds is 7. The van der Waals surface area contributed by atoms with Crippen LogP contribution in [0.25, 0.3) is 0 Å². The first kappa shape index (κ1) is 15.2. The predicted molar refractivity (Wildman–Crippen MR) is 71.6 cm³/mol. The molecule has 104 valence electrons. The number of primary amides is 2. The number of aromatic nitrogens is 2. The topological polar surface area (TPSA) is 115 Å². The Hall–Kier alpha value is -1.89. The average Bonchev–Trinajstić information content (AvgIpc) is 2.26. The molecule has 7 nitrogen and oxygen atoms in total. The second-order valence-corrected chi connectivity index (χ2v) is 4.39. The van der Waals surface area contributed by atoms with E-state index in [0.29, 0.717) is 18.1 Å². The zero-order valence-electron chi connectivity index (χ0n) is 10.6. The van der Waals surface area contributed by atoms with Crippen LogP contribution in [-0.2, 0) is 16.0 Å². The Balaban J connectivity index is 3.05. The van der Waals surface area contributed by atoms with Crippen molar-refractivity contribution in [1.29, 1.82) is 0 Å². The predicted octanol–water partition coefficient (Wildman–Crippen LogP) is -0.140. The molecule has 1 aromatic heterocycles. The zero-order chi connectivity index (χ0) is 14.4. The Bertz CT molecular complexity index is 464. The van der Waals surface area contributed by atoms with Crippen molar-refractivity contribution in [3.8, 4) is 0 Å². The fourth-order valence-corrected chi connectivity index (χ4v) is 1.74. The third kappa shape index (κ3) is 5.09. The number of amides is 2. The fraction of sp³-hybridized carbons (Fsp3) is 0.455. The first-order valence-corrected chi connectivity index (χ1v) is 6.15. The van der Waals surface area contributed by atoms with Gasteiger partial charge in [0.15, 0.2) is 0 Å². The summed E-state index contributed by atoms with van der Waals surface area (Å²) in [7, 11) is 0. The molecule has 4 N–H and O–H groups in total. The molecule has 1 heterocycles. The minimum atomic E-state index is -0.590. The Kier molecular flexibility index (Phi) is 5.50. The van der Waals surface area contributed by atoms with Crippen LogP contribution in [0.15, 0.2) is 6.07 Å². The largest absolute Gasteiger partial charge is 0.368 e. The van der Waals surface area contributed by atoms with E-state index < -0.39 is 11.8 Å². The first-order valence-electron chi connectivity index (χ1n) is 5.77. The van der Waals surface area contributed by atoms with Crippen molar-refractivity contribution < 1.29 is 9.59 Å². The van der Waals surface area contributed by atoms with Crippen molar-refractivity contribution in [2.45, 2.75) is 19.8 Å². The van der Waals surface area contributed by atoms with Crippen LogP contribution in [0.2, 0.25) is 5.15 Å². The molecule has 0 spiro atoms. The molecule has 0 unspecified atom stereocenters. The number of nitrogens with two attached hydrogens (primary N) is 2. The molecular formula is C11H16ClN5O2. The quantitative estimate of drug-likeness (QED) is 0.677. The van der Waals surface area contributed by atoms with Gasteiger partial charge in [-0.25, -0.2) is 9.97 Å². The highest BCUT2D eigenvalue weighted by atomic mass is 35.5. The Morgan fingerprint density at radius 1 is 1.26 bits per heavy atom. The van der Waals surface area contributed by atoms with Gasteiger partial charge < -0.3 is 16.4 Å². The van der Waals surface area contributed by atoms with Crippen LogP contribution in [0.5, 0.6) is 0 Å². The average molecular weight is 286 g/mol. The lowest BCUT2D eigenvalue weighted by atomic mass is 10.3. The van der Waals surface area contributed by atoms with Crippen molar-refractivity contribution in [1.82, 2.24) is 9.97 Å². The van der Waals surface area contributed by atoms with E-state index in [1.54, 1.807) is 0 Å². The van der Waals surface area contributed by atoms with Gasteiger partial charge in [-0.2, -0.15) is 0 Å². The Morgan fingerprint density at radius 2 is 1.84 bits per heavy atom. The molecule has 2 amide bonds. The number of halogens is 1. The van der Waals surface area contributed by atoms with Gasteiger partial charge in [-0.1, -0.05) is 18.5 Å². The summed E-state index contributed by atoms with van der Waals surface area (Å²) in [5.74, 6) is -0.272. The van der Waals surface area contributed by atoms with E-state index in [4.69, 9.17) is 23.1 Å². The molecule has 0 atom stereocenters. The van der Waals surface area contributed by atoms with Crippen molar-refractivity contribution in [3.63, 3.8) is 0 Å². The van der Waals surface area contributed by atoms with Gasteiger partial charge >= 0.3 is 0 Å². The first-order chi connectivity index (χ1) is 8.92. The molecule has 0 fully saturated rings. The van der Waals surface area contributed by atoms with Crippen LogP contribution < -0.4 is 16.4 Å². The van der Waals surface area contributed by atoms with Crippen molar-refractivity contribution in [3.05, 3.63) is 17.0 Å². The standard InChI is InChI=1S/C11H16ClN5O2/c1-2-3-10-15-7(12)4-11(16-10)17(5-8(13)18)6-9(14)19/h4H,2-3,5-6H2,1H3,(H2,13,18)(H2,14,19). The van der Waals surface area contributed by atoms with Crippen molar-refractivity contribution in [2.75, 3.05) is 18.0 Å². The van der Waals surface area contributed by atoms with Crippen LogP contribution in [0, 0.1) is 0 Å². The molecule has 0 saturated carbocycles. The molecule has 0 aliphatic carbocycles. The number of aryl methyl sites for hydroxylation is 1. The summed E-state index contributed by atoms with van der Waals surface area (Å²) in [4.78, 5) is 31.7. The van der Waals surface area contributed by atoms with Crippen LogP contribution in [0.4, 0.5) is 5.82 Å². The highest BCUT2D eigenvalue weighted by molar-refractivity contribution is 6.29. The maximum atomic E-state index is 11.0. The molecule has 0 bridgehead atoms. The summed E-state index contributed by atoms with van der Waals surface area (Å²) >= 11 is 5.89. The van der Waals surface area contributed by atoms with Crippen molar-refractivity contribution >= 4 is 29.2 Å². The zero-order valence-corrected chi connectivity index (χ0v) is 11.4. The molecule has 0 radical (unpaired) electrons. The molecule has 19 heavy (non-hydrogen) atoms. The SMILES string of the molecule is CCCc1nc(Cl)cc(N(CC(N)=O)CC(N)=O)n1. The second kappa shape index (κ2) is 6.89. The van der Waals surface area contributed by atoms with Gasteiger partial charge in [0.2, 0.25) is 11.8 Å². The molecule has 0 aliphatic heterocycles. The number of anilines is 1. The molecule has 1 rings (SSSR count). The van der Waals surface area contributed by atoms with Crippen LogP contribution in [-0.4, -0.2) is 34.9 Å². The maximum absolute atomic E-state index is 11.0. The van der Waals surface area contributed by atoms with E-state index in [2.05, 4.69) is 9.97 Å². The number of carbonyl (C=O) groups is 2. The molecule has 0 aliphatic rings. The molecule has 8 heteroatoms. The van der Waals surface area contributed by atoms with Gasteiger partial charge in [0.05, 0.1) is 13.1 Å². The minimum Gasteiger partial charge on any atom is -0.368 e. The van der Waals surface area contributed by atoms with E-state index in [0.717, 1.165) is 6.42 Å². The normalized spacial score (nSPS) is 10.2. The van der Waals surface area contributed by atoms with Gasteiger partial charge in [-0.3, -0.25) is 9.59 Å². The van der Waals surface area contributed by atoms with E-state index in [1.807, 2.05) is 6.92 Å². The molecule has 0 aromatic carbocycles. The monoisotopic (exact) mass is 285 g/mol. The van der Waals surface area contributed by atoms with E-state index in [1.165, 1.54) is 11.0 Å². The highest BCUT2D eigenvalue weighted by Gasteiger charge is 2.15.